The van der Waals surface area contributed by atoms with Crippen LogP contribution in [0.4, 0.5) is 5.69 Å². The van der Waals surface area contributed by atoms with E-state index in [1.165, 1.54) is 6.92 Å². The lowest BCUT2D eigenvalue weighted by molar-refractivity contribution is -0.116. The van der Waals surface area contributed by atoms with Crippen molar-refractivity contribution in [3.05, 3.63) is 29.8 Å². The van der Waals surface area contributed by atoms with E-state index >= 15 is 0 Å². The molecular weight excluding hydrogens is 278 g/mol. The largest absolute Gasteiger partial charge is 0.326 e. The molecule has 0 bridgehead atoms. The fraction of sp³-hybridized carbons (Fsp3) is 0.429. The van der Waals surface area contributed by atoms with Gasteiger partial charge in [0.05, 0.1) is 11.5 Å². The molecule has 1 heterocycles. The highest BCUT2D eigenvalue weighted by Gasteiger charge is 2.29. The Balaban J connectivity index is 1.90. The van der Waals surface area contributed by atoms with Crippen molar-refractivity contribution in [1.29, 1.82) is 0 Å². The molecule has 0 unspecified atom stereocenters. The lowest BCUT2D eigenvalue weighted by Crippen LogP contribution is -2.17. The zero-order chi connectivity index (χ0) is 14.8. The summed E-state index contributed by atoms with van der Waals surface area (Å²) in [6, 6.07) is 6.63. The monoisotopic (exact) mass is 295 g/mol. The number of rotatable bonds is 4. The van der Waals surface area contributed by atoms with Gasteiger partial charge in [-0.25, -0.2) is 8.42 Å². The number of hydrogen-bond donors (Lipinski definition) is 1. The van der Waals surface area contributed by atoms with Gasteiger partial charge in [-0.2, -0.15) is 0 Å². The van der Waals surface area contributed by atoms with E-state index in [0.29, 0.717) is 17.7 Å². The molecule has 0 spiro atoms. The van der Waals surface area contributed by atoms with Gasteiger partial charge in [-0.15, -0.1) is 0 Å². The maximum Gasteiger partial charge on any atom is 0.224 e. The second-order valence-corrected chi connectivity index (χ2v) is 7.38. The average Bonchev–Trinajstić information content (AvgIpc) is 2.69. The van der Waals surface area contributed by atoms with Gasteiger partial charge in [0.1, 0.15) is 0 Å². The molecule has 1 fully saturated rings. The molecule has 20 heavy (non-hydrogen) atoms. The third-order valence-corrected chi connectivity index (χ3v) is 5.21. The zero-order valence-corrected chi connectivity index (χ0v) is 12.1. The molecule has 6 heteroatoms. The molecule has 108 valence electrons. The summed E-state index contributed by atoms with van der Waals surface area (Å²) in [6.07, 6.45) is 0.771. The minimum Gasteiger partial charge on any atom is -0.326 e. The average molecular weight is 295 g/mol. The van der Waals surface area contributed by atoms with Gasteiger partial charge in [-0.3, -0.25) is 9.59 Å². The number of amides is 1. The number of Topliss-reactive ketones (excluding diaryl/α,β-unsaturated/α-hetero) is 1. The second kappa shape index (κ2) is 5.75. The summed E-state index contributed by atoms with van der Waals surface area (Å²) in [5.74, 6) is -0.0275. The van der Waals surface area contributed by atoms with Gasteiger partial charge in [0, 0.05) is 17.7 Å². The summed E-state index contributed by atoms with van der Waals surface area (Å²) in [5.41, 5.74) is 1.20. The summed E-state index contributed by atoms with van der Waals surface area (Å²) in [5, 5.41) is 2.72. The Morgan fingerprint density at radius 1 is 1.25 bits per heavy atom. The molecular formula is C14H17NO4S. The Bertz CT molecular complexity index is 619. The molecule has 1 aromatic rings. The first kappa shape index (κ1) is 14.7. The van der Waals surface area contributed by atoms with Crippen molar-refractivity contribution < 1.29 is 18.0 Å². The predicted molar refractivity (Wildman–Crippen MR) is 76.5 cm³/mol. The van der Waals surface area contributed by atoms with Crippen LogP contribution in [0.3, 0.4) is 0 Å². The van der Waals surface area contributed by atoms with E-state index in [-0.39, 0.29) is 35.5 Å². The number of anilines is 1. The van der Waals surface area contributed by atoms with Gasteiger partial charge in [-0.1, -0.05) is 0 Å². The van der Waals surface area contributed by atoms with Crippen molar-refractivity contribution >= 4 is 27.2 Å². The minimum absolute atomic E-state index is 0.0287. The molecule has 1 atom stereocenters. The first-order chi connectivity index (χ1) is 9.35. The van der Waals surface area contributed by atoms with Crippen molar-refractivity contribution in [3.63, 3.8) is 0 Å². The van der Waals surface area contributed by atoms with Crippen LogP contribution >= 0.6 is 0 Å². The summed E-state index contributed by atoms with van der Waals surface area (Å²) in [4.78, 5) is 23.0. The number of nitrogens with one attached hydrogen (secondary N) is 1. The minimum atomic E-state index is -2.95. The smallest absolute Gasteiger partial charge is 0.224 e. The Hall–Kier alpha value is -1.69. The van der Waals surface area contributed by atoms with E-state index in [9.17, 15) is 18.0 Å². The lowest BCUT2D eigenvalue weighted by Gasteiger charge is -2.09. The van der Waals surface area contributed by atoms with Crippen molar-refractivity contribution in [1.82, 2.24) is 0 Å². The van der Waals surface area contributed by atoms with Crippen LogP contribution < -0.4 is 5.32 Å². The van der Waals surface area contributed by atoms with Gasteiger partial charge >= 0.3 is 0 Å². The van der Waals surface area contributed by atoms with Gasteiger partial charge in [-0.05, 0) is 43.5 Å². The summed E-state index contributed by atoms with van der Waals surface area (Å²) in [7, 11) is -2.95. The van der Waals surface area contributed by atoms with Crippen LogP contribution in [0.2, 0.25) is 0 Å². The highest BCUT2D eigenvalue weighted by molar-refractivity contribution is 7.91. The van der Waals surface area contributed by atoms with Gasteiger partial charge < -0.3 is 5.32 Å². The molecule has 1 aromatic carbocycles. The van der Waals surface area contributed by atoms with Gasteiger partial charge in [0.25, 0.3) is 0 Å². The van der Waals surface area contributed by atoms with Crippen molar-refractivity contribution in [2.24, 2.45) is 5.92 Å². The summed E-state index contributed by atoms with van der Waals surface area (Å²) < 4.78 is 22.6. The highest BCUT2D eigenvalue weighted by Crippen LogP contribution is 2.22. The van der Waals surface area contributed by atoms with E-state index in [1.54, 1.807) is 24.3 Å². The van der Waals surface area contributed by atoms with Crippen LogP contribution in [0.25, 0.3) is 0 Å². The van der Waals surface area contributed by atoms with Crippen LogP contribution in [0.1, 0.15) is 30.1 Å². The maximum atomic E-state index is 11.8. The Labute approximate surface area is 118 Å². The normalized spacial score (nSPS) is 20.6. The maximum absolute atomic E-state index is 11.8. The zero-order valence-electron chi connectivity index (χ0n) is 11.3. The lowest BCUT2D eigenvalue weighted by atomic mass is 10.0. The number of carbonyl (C=O) groups is 2. The number of hydrogen-bond acceptors (Lipinski definition) is 4. The van der Waals surface area contributed by atoms with Crippen LogP contribution in [0.5, 0.6) is 0 Å². The van der Waals surface area contributed by atoms with Gasteiger partial charge in [0.15, 0.2) is 15.6 Å². The van der Waals surface area contributed by atoms with E-state index < -0.39 is 9.84 Å². The summed E-state index contributed by atoms with van der Waals surface area (Å²) in [6.45, 7) is 1.48. The molecule has 1 aliphatic rings. The second-order valence-electron chi connectivity index (χ2n) is 5.15. The van der Waals surface area contributed by atoms with Crippen molar-refractivity contribution in [2.75, 3.05) is 16.8 Å². The van der Waals surface area contributed by atoms with Crippen LogP contribution in [-0.4, -0.2) is 31.6 Å². The third kappa shape index (κ3) is 3.90. The molecule has 1 saturated heterocycles. The highest BCUT2D eigenvalue weighted by atomic mass is 32.2. The summed E-state index contributed by atoms with van der Waals surface area (Å²) >= 11 is 0. The number of ketones is 1. The molecule has 1 amide bonds. The predicted octanol–water partition coefficient (Wildman–Crippen LogP) is 1.65. The first-order valence-electron chi connectivity index (χ1n) is 6.47. The Morgan fingerprint density at radius 2 is 1.90 bits per heavy atom. The Kier molecular flexibility index (Phi) is 4.23. The number of benzene rings is 1. The standard InChI is InChI=1S/C14H17NO4S/c1-10(16)12-2-4-13(5-3-12)15-14(17)8-11-6-7-20(18,19)9-11/h2-5,11H,6-9H2,1H3,(H,15,17)/t11-/m1/s1. The first-order valence-corrected chi connectivity index (χ1v) is 8.29. The topological polar surface area (TPSA) is 80.3 Å². The SMILES string of the molecule is CC(=O)c1ccc(NC(=O)C[C@H]2CCS(=O)(=O)C2)cc1. The molecule has 5 nitrogen and oxygen atoms in total. The van der Waals surface area contributed by atoms with E-state index in [0.717, 1.165) is 0 Å². The molecule has 2 rings (SSSR count). The van der Waals surface area contributed by atoms with Crippen molar-refractivity contribution in [3.8, 4) is 0 Å². The van der Waals surface area contributed by atoms with Crippen LogP contribution in [-0.2, 0) is 14.6 Å². The van der Waals surface area contributed by atoms with Crippen molar-refractivity contribution in [2.45, 2.75) is 19.8 Å². The Morgan fingerprint density at radius 3 is 2.40 bits per heavy atom. The molecule has 1 aliphatic heterocycles. The van der Waals surface area contributed by atoms with E-state index in [1.807, 2.05) is 0 Å². The fourth-order valence-electron chi connectivity index (χ4n) is 2.30. The third-order valence-electron chi connectivity index (χ3n) is 3.38. The fourth-order valence-corrected chi connectivity index (χ4v) is 4.16. The van der Waals surface area contributed by atoms with Crippen LogP contribution in [0.15, 0.2) is 24.3 Å². The molecule has 1 N–H and O–H groups in total. The quantitative estimate of drug-likeness (QED) is 0.857. The van der Waals surface area contributed by atoms with E-state index in [4.69, 9.17) is 0 Å². The molecule has 0 saturated carbocycles. The molecule has 0 radical (unpaired) electrons. The number of sulfone groups is 1. The van der Waals surface area contributed by atoms with Gasteiger partial charge in [0.2, 0.25) is 5.91 Å². The van der Waals surface area contributed by atoms with E-state index in [2.05, 4.69) is 5.32 Å². The number of carbonyl (C=O) groups excluding carboxylic acids is 2. The van der Waals surface area contributed by atoms with Crippen LogP contribution in [0, 0.1) is 5.92 Å². The molecule has 0 aromatic heterocycles. The molecule has 0 aliphatic carbocycles.